The molecule has 0 bridgehead atoms. The van der Waals surface area contributed by atoms with Crippen molar-refractivity contribution in [1.29, 1.82) is 0 Å². The lowest BCUT2D eigenvalue weighted by atomic mass is 10.3. The predicted octanol–water partition coefficient (Wildman–Crippen LogP) is 13.6. The first-order valence-electron chi connectivity index (χ1n) is 13.2. The summed E-state index contributed by atoms with van der Waals surface area (Å²) in [7, 11) is 6.51. The van der Waals surface area contributed by atoms with E-state index in [0.717, 1.165) is 65.5 Å². The smallest absolute Gasteiger partial charge is 0.00253 e. The molecule has 8 aromatic heterocycles. The molecule has 0 amide bonds. The molecule has 8 heteroatoms. The van der Waals surface area contributed by atoms with E-state index < -0.39 is 0 Å². The van der Waals surface area contributed by atoms with Crippen molar-refractivity contribution in [2.24, 2.45) is 0 Å². The Kier molecular flexibility index (Phi) is 7.22. The van der Waals surface area contributed by atoms with Gasteiger partial charge in [0.05, 0.1) is 0 Å². The van der Waals surface area contributed by atoms with E-state index in [1.807, 2.05) is 0 Å². The largest absolute Gasteiger partial charge is 0.131 e. The van der Waals surface area contributed by atoms with Crippen LogP contribution in [0.5, 0.6) is 0 Å². The van der Waals surface area contributed by atoms with E-state index >= 15 is 0 Å². The molecule has 0 fully saturated rings. The maximum Gasteiger partial charge on any atom is 0.00253 e. The molecule has 0 aliphatic heterocycles. The van der Waals surface area contributed by atoms with Crippen LogP contribution < -0.4 is 0 Å². The van der Waals surface area contributed by atoms with Crippen LogP contribution in [0.3, 0.4) is 0 Å². The van der Waals surface area contributed by atoms with Crippen molar-refractivity contribution >= 4 is 65.5 Å². The minimum atomic E-state index is 0.789. The van der Waals surface area contributed by atoms with Crippen molar-refractivity contribution in [3.05, 3.63) is 109 Å². The van der Waals surface area contributed by atoms with Gasteiger partial charge in [-0.25, -0.2) is 0 Å². The molecule has 0 aromatic carbocycles. The summed E-state index contributed by atoms with van der Waals surface area (Å²) >= 11 is 0. The summed E-state index contributed by atoms with van der Waals surface area (Å²) in [5, 5.41) is 21.7. The van der Waals surface area contributed by atoms with Crippen molar-refractivity contribution in [1.82, 2.24) is 0 Å². The van der Waals surface area contributed by atoms with Gasteiger partial charge in [-0.05, 0) is 84.4 Å². The normalized spacial score (nSPS) is 13.1. The molecule has 0 aliphatic rings. The molecule has 0 saturated heterocycles. The highest BCUT2D eigenvalue weighted by molar-refractivity contribution is 7.49. The lowest BCUT2D eigenvalue weighted by Gasteiger charge is -1.96. The lowest BCUT2D eigenvalue weighted by Crippen LogP contribution is -1.54. The van der Waals surface area contributed by atoms with E-state index in [1.54, 1.807) is 63.5 Å². The Labute approximate surface area is 247 Å². The third-order valence-electron chi connectivity index (χ3n) is 7.34. The van der Waals surface area contributed by atoms with Crippen molar-refractivity contribution in [2.45, 2.75) is 0 Å². The van der Waals surface area contributed by atoms with Crippen LogP contribution in [0, 0.1) is 0 Å². The van der Waals surface area contributed by atoms with Gasteiger partial charge in [-0.15, -0.1) is 65.5 Å². The summed E-state index contributed by atoms with van der Waals surface area (Å²) < 4.78 is 0. The topological polar surface area (TPSA) is 0 Å². The molecule has 8 aromatic rings. The van der Waals surface area contributed by atoms with Crippen LogP contribution in [-0.4, -0.2) is 0 Å². The molecular formula is C32H26P8. The molecular weight excluding hydrogens is 632 g/mol. The van der Waals surface area contributed by atoms with Gasteiger partial charge in [-0.2, -0.15) is 0 Å². The summed E-state index contributed by atoms with van der Waals surface area (Å²) in [6, 6.07) is 37.7. The Balaban J connectivity index is 1.00. The number of rotatable bonds is 7. The van der Waals surface area contributed by atoms with E-state index in [2.05, 4.69) is 109 Å². The van der Waals surface area contributed by atoms with E-state index in [0.29, 0.717) is 0 Å². The van der Waals surface area contributed by atoms with E-state index in [9.17, 15) is 0 Å². The number of hydrogen-bond donors (Lipinski definition) is 0. The molecule has 8 unspecified atom stereocenters. The minimum absolute atomic E-state index is 0.789. The Bertz CT molecular complexity index is 1860. The third kappa shape index (κ3) is 5.07. The highest BCUT2D eigenvalue weighted by Gasteiger charge is 2.12. The molecule has 8 heterocycles. The molecule has 0 spiro atoms. The molecule has 0 radical (unpaired) electrons. The standard InChI is InChI=1S/C32H26P8/c1-3-19(33-17-1)21-5-7-23(35-21)25-9-11-27(37-25)29-13-15-31(39-29)32-16-14-30(40-32)28-12-10-26(38-28)24-8-6-22(36-24)20-4-2-18-34-20/h1-18,33-40H. The van der Waals surface area contributed by atoms with Gasteiger partial charge in [-0.1, -0.05) is 24.3 Å². The summed E-state index contributed by atoms with van der Waals surface area (Å²) in [5.41, 5.74) is 0. The van der Waals surface area contributed by atoms with Crippen LogP contribution in [0.25, 0.3) is 74.1 Å². The summed E-state index contributed by atoms with van der Waals surface area (Å²) in [5.74, 6) is 4.58. The Morgan fingerprint density at radius 2 is 0.425 bits per heavy atom. The van der Waals surface area contributed by atoms with Gasteiger partial charge in [0.25, 0.3) is 0 Å². The van der Waals surface area contributed by atoms with Gasteiger partial charge in [0.2, 0.25) is 0 Å². The molecule has 0 N–H and O–H groups in total. The van der Waals surface area contributed by atoms with Crippen LogP contribution in [0.1, 0.15) is 0 Å². The minimum Gasteiger partial charge on any atom is -0.131 e. The highest BCUT2D eigenvalue weighted by atomic mass is 31.1. The lowest BCUT2D eigenvalue weighted by molar-refractivity contribution is 1.89. The highest BCUT2D eigenvalue weighted by Crippen LogP contribution is 2.53. The molecule has 8 rings (SSSR count). The molecule has 0 saturated carbocycles. The zero-order chi connectivity index (χ0) is 26.5. The van der Waals surface area contributed by atoms with E-state index in [-0.39, 0.29) is 0 Å². The summed E-state index contributed by atoms with van der Waals surface area (Å²) in [6.45, 7) is 0. The summed E-state index contributed by atoms with van der Waals surface area (Å²) in [6.07, 6.45) is 0. The van der Waals surface area contributed by atoms with Crippen LogP contribution in [-0.2, 0) is 0 Å². The molecule has 0 nitrogen and oxygen atoms in total. The predicted molar refractivity (Wildman–Crippen MR) is 201 cm³/mol. The van der Waals surface area contributed by atoms with E-state index in [4.69, 9.17) is 0 Å². The zero-order valence-corrected chi connectivity index (χ0v) is 29.4. The van der Waals surface area contributed by atoms with Crippen LogP contribution in [0.15, 0.2) is 109 Å². The monoisotopic (exact) mass is 658 g/mol. The van der Waals surface area contributed by atoms with Gasteiger partial charge < -0.3 is 0 Å². The van der Waals surface area contributed by atoms with Crippen LogP contribution >= 0.6 is 65.5 Å². The van der Waals surface area contributed by atoms with Crippen molar-refractivity contribution in [3.63, 3.8) is 0 Å². The van der Waals surface area contributed by atoms with Gasteiger partial charge >= 0.3 is 0 Å². The first-order chi connectivity index (χ1) is 19.8. The fourth-order valence-corrected chi connectivity index (χ4v) is 15.9. The Morgan fingerprint density at radius 1 is 0.225 bits per heavy atom. The molecule has 8 atom stereocenters. The average Bonchev–Trinajstić information content (AvgIpc) is 3.84. The molecule has 40 heavy (non-hydrogen) atoms. The SMILES string of the molecule is c1c[pH]c(-c2ccc(-c3ccc(-c4ccc(-c5ccc(-c6ccc(-c7ccc(-c8ccc[pH]8)[pH]7)[pH]6)[pH]5)[pH]4)[pH]3)[pH]2)c1. The Morgan fingerprint density at radius 3 is 0.600 bits per heavy atom. The fourth-order valence-electron chi connectivity index (χ4n) is 5.25. The first-order valence-corrected chi connectivity index (χ1v) is 21.4. The second-order valence-electron chi connectivity index (χ2n) is 9.88. The first kappa shape index (κ1) is 25.9. The van der Waals surface area contributed by atoms with Crippen molar-refractivity contribution in [3.8, 4) is 74.1 Å². The fraction of sp³-hybridized carbons (Fsp3) is 0. The molecule has 194 valence electrons. The maximum atomic E-state index is 2.41. The van der Waals surface area contributed by atoms with Crippen LogP contribution in [0.2, 0.25) is 0 Å². The van der Waals surface area contributed by atoms with E-state index in [1.165, 1.54) is 10.6 Å². The van der Waals surface area contributed by atoms with Crippen molar-refractivity contribution in [2.75, 3.05) is 0 Å². The van der Waals surface area contributed by atoms with Gasteiger partial charge in [0.1, 0.15) is 0 Å². The quantitative estimate of drug-likeness (QED) is 0.160. The second kappa shape index (κ2) is 11.1. The van der Waals surface area contributed by atoms with Crippen molar-refractivity contribution < 1.29 is 0 Å². The number of hydrogen-bond acceptors (Lipinski definition) is 0. The second-order valence-corrected chi connectivity index (χ2v) is 20.2. The van der Waals surface area contributed by atoms with Gasteiger partial charge in [0.15, 0.2) is 0 Å². The van der Waals surface area contributed by atoms with Gasteiger partial charge in [-0.3, -0.25) is 0 Å². The zero-order valence-electron chi connectivity index (χ0n) is 21.4. The molecule has 0 aliphatic carbocycles. The summed E-state index contributed by atoms with van der Waals surface area (Å²) in [4.78, 5) is 0. The van der Waals surface area contributed by atoms with Gasteiger partial charge in [0, 0.05) is 74.1 Å². The average molecular weight is 658 g/mol. The third-order valence-corrected chi connectivity index (χ3v) is 19.8. The Hall–Kier alpha value is -1.76. The van der Waals surface area contributed by atoms with Crippen LogP contribution in [0.4, 0.5) is 0 Å². The maximum absolute atomic E-state index is 2.41.